The molecule has 42 heavy (non-hydrogen) atoms. The Morgan fingerprint density at radius 1 is 0.738 bits per heavy atom. The standard InChI is InChI=1S/C30H51N3O9/c1-5-7-13-31-28(34)12-10-25(30(36)32-14-8-6-2)33-29(35)24-9-11-26(41-21-19-39-17-15-37-3)27(23-24)42-22-20-40-18-16-38-4/h9,11,23,25H,5-8,10,12-22H2,1-4H3,(H,31,34)(H,32,36)(H,33,35)/t25-/m0/s1. The van der Waals surface area contributed by atoms with E-state index in [4.69, 9.17) is 28.4 Å². The van der Waals surface area contributed by atoms with Crippen molar-refractivity contribution in [3.05, 3.63) is 23.8 Å². The van der Waals surface area contributed by atoms with Crippen LogP contribution in [0.1, 0.15) is 62.7 Å². The van der Waals surface area contributed by atoms with Crippen molar-refractivity contribution in [1.29, 1.82) is 0 Å². The second-order valence-corrected chi connectivity index (χ2v) is 9.48. The molecule has 0 radical (unpaired) electrons. The van der Waals surface area contributed by atoms with Gasteiger partial charge in [-0.25, -0.2) is 0 Å². The molecule has 1 atom stereocenters. The SMILES string of the molecule is CCCCNC(=O)CC[C@H](NC(=O)c1ccc(OCCOCCOC)c(OCCOCCOC)c1)C(=O)NCCCC. The first-order valence-electron chi connectivity index (χ1n) is 14.8. The molecule has 12 heteroatoms. The number of carbonyl (C=O) groups is 3. The van der Waals surface area contributed by atoms with Crippen molar-refractivity contribution >= 4 is 17.7 Å². The Labute approximate surface area is 250 Å². The van der Waals surface area contributed by atoms with Crippen LogP contribution >= 0.6 is 0 Å². The van der Waals surface area contributed by atoms with Crippen LogP contribution in [0.2, 0.25) is 0 Å². The van der Waals surface area contributed by atoms with Gasteiger partial charge in [0.1, 0.15) is 19.3 Å². The lowest BCUT2D eigenvalue weighted by Gasteiger charge is -2.19. The molecule has 1 aromatic rings. The first-order valence-corrected chi connectivity index (χ1v) is 14.8. The Hall–Kier alpha value is -2.93. The largest absolute Gasteiger partial charge is 0.487 e. The Bertz CT molecular complexity index is 886. The molecule has 0 saturated carbocycles. The van der Waals surface area contributed by atoms with Crippen LogP contribution in [0.15, 0.2) is 18.2 Å². The summed E-state index contributed by atoms with van der Waals surface area (Å²) in [5, 5.41) is 8.50. The Morgan fingerprint density at radius 3 is 1.90 bits per heavy atom. The van der Waals surface area contributed by atoms with Gasteiger partial charge in [0, 0.05) is 39.3 Å². The van der Waals surface area contributed by atoms with Crippen LogP contribution in [0, 0.1) is 0 Å². The highest BCUT2D eigenvalue weighted by molar-refractivity contribution is 5.98. The maximum absolute atomic E-state index is 13.3. The maximum atomic E-state index is 13.3. The Morgan fingerprint density at radius 2 is 1.31 bits per heavy atom. The van der Waals surface area contributed by atoms with Crippen LogP contribution in [-0.4, -0.2) is 104 Å². The zero-order chi connectivity index (χ0) is 30.8. The van der Waals surface area contributed by atoms with Crippen molar-refractivity contribution in [3.8, 4) is 11.5 Å². The molecule has 0 aliphatic rings. The molecule has 1 aromatic carbocycles. The third-order valence-corrected chi connectivity index (χ3v) is 6.00. The minimum Gasteiger partial charge on any atom is -0.487 e. The highest BCUT2D eigenvalue weighted by Crippen LogP contribution is 2.28. The molecule has 0 aliphatic heterocycles. The van der Waals surface area contributed by atoms with Crippen LogP contribution in [0.4, 0.5) is 0 Å². The van der Waals surface area contributed by atoms with E-state index >= 15 is 0 Å². The quantitative estimate of drug-likeness (QED) is 0.137. The van der Waals surface area contributed by atoms with Gasteiger partial charge in [0.05, 0.1) is 39.6 Å². The number of hydrogen-bond acceptors (Lipinski definition) is 9. The molecular weight excluding hydrogens is 546 g/mol. The van der Waals surface area contributed by atoms with E-state index in [1.807, 2.05) is 13.8 Å². The van der Waals surface area contributed by atoms with Gasteiger partial charge in [0.25, 0.3) is 5.91 Å². The average molecular weight is 598 g/mol. The highest BCUT2D eigenvalue weighted by atomic mass is 16.6. The van der Waals surface area contributed by atoms with E-state index in [0.717, 1.165) is 25.7 Å². The monoisotopic (exact) mass is 597 g/mol. The molecule has 0 heterocycles. The lowest BCUT2D eigenvalue weighted by molar-refractivity contribution is -0.124. The molecule has 12 nitrogen and oxygen atoms in total. The molecule has 0 bridgehead atoms. The number of methoxy groups -OCH3 is 2. The van der Waals surface area contributed by atoms with E-state index in [0.29, 0.717) is 64.2 Å². The van der Waals surface area contributed by atoms with Crippen LogP contribution in [0.3, 0.4) is 0 Å². The fourth-order valence-electron chi connectivity index (χ4n) is 3.58. The molecule has 0 spiro atoms. The van der Waals surface area contributed by atoms with Crippen LogP contribution in [0.25, 0.3) is 0 Å². The van der Waals surface area contributed by atoms with Gasteiger partial charge in [-0.3, -0.25) is 14.4 Å². The summed E-state index contributed by atoms with van der Waals surface area (Å²) < 4.78 is 32.6. The summed E-state index contributed by atoms with van der Waals surface area (Å²) in [5.41, 5.74) is 0.285. The first-order chi connectivity index (χ1) is 20.5. The van der Waals surface area contributed by atoms with E-state index in [2.05, 4.69) is 16.0 Å². The van der Waals surface area contributed by atoms with Crippen molar-refractivity contribution in [2.24, 2.45) is 0 Å². The zero-order valence-electron chi connectivity index (χ0n) is 25.8. The molecule has 0 aliphatic carbocycles. The number of rotatable bonds is 26. The van der Waals surface area contributed by atoms with E-state index in [1.165, 1.54) is 0 Å². The zero-order valence-corrected chi connectivity index (χ0v) is 25.8. The van der Waals surface area contributed by atoms with Crippen LogP contribution in [0.5, 0.6) is 11.5 Å². The summed E-state index contributed by atoms with van der Waals surface area (Å²) in [6, 6.07) is 3.93. The summed E-state index contributed by atoms with van der Waals surface area (Å²) >= 11 is 0. The summed E-state index contributed by atoms with van der Waals surface area (Å²) in [7, 11) is 3.20. The van der Waals surface area contributed by atoms with Gasteiger partial charge in [-0.05, 0) is 37.5 Å². The summed E-state index contributed by atoms with van der Waals surface area (Å²) in [4.78, 5) is 38.4. The van der Waals surface area contributed by atoms with Gasteiger partial charge in [0.15, 0.2) is 11.5 Å². The first kappa shape index (κ1) is 37.1. The van der Waals surface area contributed by atoms with Gasteiger partial charge in [0.2, 0.25) is 11.8 Å². The molecular formula is C30H51N3O9. The van der Waals surface area contributed by atoms with Crippen molar-refractivity contribution < 1.29 is 42.8 Å². The van der Waals surface area contributed by atoms with Crippen LogP contribution < -0.4 is 25.4 Å². The number of nitrogens with one attached hydrogen (secondary N) is 3. The fourth-order valence-corrected chi connectivity index (χ4v) is 3.58. The highest BCUT2D eigenvalue weighted by Gasteiger charge is 2.23. The molecule has 1 rings (SSSR count). The van der Waals surface area contributed by atoms with E-state index in [1.54, 1.807) is 32.4 Å². The normalized spacial score (nSPS) is 11.5. The van der Waals surface area contributed by atoms with Gasteiger partial charge in [-0.15, -0.1) is 0 Å². The second kappa shape index (κ2) is 24.6. The fraction of sp³-hybridized carbons (Fsp3) is 0.700. The Kier molecular flexibility index (Phi) is 21.8. The summed E-state index contributed by atoms with van der Waals surface area (Å²) in [6.45, 7) is 8.18. The van der Waals surface area contributed by atoms with Crippen molar-refractivity contribution in [2.45, 2.75) is 58.4 Å². The van der Waals surface area contributed by atoms with E-state index < -0.39 is 11.9 Å². The number of ether oxygens (including phenoxy) is 6. The number of benzene rings is 1. The van der Waals surface area contributed by atoms with Crippen LogP contribution in [-0.2, 0) is 28.5 Å². The summed E-state index contributed by atoms with van der Waals surface area (Å²) in [6.07, 6.45) is 3.88. The molecule has 3 N–H and O–H groups in total. The number of unbranched alkanes of at least 4 members (excludes halogenated alkanes) is 2. The van der Waals surface area contributed by atoms with Crippen molar-refractivity contribution in [2.75, 3.05) is 80.2 Å². The molecule has 0 unspecified atom stereocenters. The maximum Gasteiger partial charge on any atom is 0.252 e. The number of hydrogen-bond donors (Lipinski definition) is 3. The van der Waals surface area contributed by atoms with Crippen molar-refractivity contribution in [3.63, 3.8) is 0 Å². The lowest BCUT2D eigenvalue weighted by atomic mass is 10.1. The minimum atomic E-state index is -0.870. The number of carbonyl (C=O) groups excluding carboxylic acids is 3. The predicted octanol–water partition coefficient (Wildman–Crippen LogP) is 2.48. The predicted molar refractivity (Wildman–Crippen MR) is 159 cm³/mol. The van der Waals surface area contributed by atoms with Crippen molar-refractivity contribution in [1.82, 2.24) is 16.0 Å². The van der Waals surface area contributed by atoms with Gasteiger partial charge in [-0.2, -0.15) is 0 Å². The summed E-state index contributed by atoms with van der Waals surface area (Å²) in [5.74, 6) is -0.144. The average Bonchev–Trinajstić information content (AvgIpc) is 2.99. The number of amides is 3. The smallest absolute Gasteiger partial charge is 0.252 e. The van der Waals surface area contributed by atoms with Gasteiger partial charge < -0.3 is 44.4 Å². The molecule has 0 aromatic heterocycles. The minimum absolute atomic E-state index is 0.118. The molecule has 3 amide bonds. The Balaban J connectivity index is 2.93. The molecule has 0 fully saturated rings. The van der Waals surface area contributed by atoms with Gasteiger partial charge >= 0.3 is 0 Å². The van der Waals surface area contributed by atoms with Gasteiger partial charge in [-0.1, -0.05) is 26.7 Å². The third-order valence-electron chi connectivity index (χ3n) is 6.00. The second-order valence-electron chi connectivity index (χ2n) is 9.48. The topological polar surface area (TPSA) is 143 Å². The lowest BCUT2D eigenvalue weighted by Crippen LogP contribution is -2.47. The van der Waals surface area contributed by atoms with E-state index in [-0.39, 0.29) is 43.4 Å². The third kappa shape index (κ3) is 17.1. The van der Waals surface area contributed by atoms with E-state index in [9.17, 15) is 14.4 Å². The molecule has 240 valence electrons. The molecule has 0 saturated heterocycles.